The summed E-state index contributed by atoms with van der Waals surface area (Å²) in [7, 11) is 3.12. The Hall–Kier alpha value is -1.98. The molecule has 2 aromatic rings. The van der Waals surface area contributed by atoms with Crippen LogP contribution in [0.4, 0.5) is 0 Å². The second-order valence-electron chi connectivity index (χ2n) is 4.27. The van der Waals surface area contributed by atoms with Crippen LogP contribution in [0.1, 0.15) is 11.1 Å². The average molecular weight is 309 g/mol. The highest BCUT2D eigenvalue weighted by Gasteiger charge is 2.13. The zero-order valence-electron chi connectivity index (χ0n) is 11.9. The van der Waals surface area contributed by atoms with E-state index in [0.29, 0.717) is 28.9 Å². The predicted molar refractivity (Wildman–Crippen MR) is 81.0 cm³/mol. The number of benzene rings is 1. The van der Waals surface area contributed by atoms with Gasteiger partial charge in [0.25, 0.3) is 0 Å². The molecule has 1 aromatic carbocycles. The molecule has 6 heteroatoms. The van der Waals surface area contributed by atoms with E-state index < -0.39 is 0 Å². The summed E-state index contributed by atoms with van der Waals surface area (Å²) in [6.45, 7) is 0.655. The molecular weight excluding hydrogens is 292 g/mol. The monoisotopic (exact) mass is 308 g/mol. The molecule has 0 amide bonds. The molecule has 2 rings (SSSR count). The normalized spacial score (nSPS) is 10.3. The lowest BCUT2D eigenvalue weighted by Crippen LogP contribution is -2.03. The van der Waals surface area contributed by atoms with E-state index in [9.17, 15) is 0 Å². The van der Waals surface area contributed by atoms with E-state index in [4.69, 9.17) is 31.5 Å². The quantitative estimate of drug-likeness (QED) is 0.889. The van der Waals surface area contributed by atoms with Gasteiger partial charge in [-0.15, -0.1) is 0 Å². The van der Waals surface area contributed by atoms with E-state index >= 15 is 0 Å². The van der Waals surface area contributed by atoms with Crippen LogP contribution in [0.25, 0.3) is 0 Å². The maximum absolute atomic E-state index is 6.22. The first kappa shape index (κ1) is 15.4. The number of nitrogens with zero attached hydrogens (tertiary/aromatic N) is 1. The third-order valence-corrected chi connectivity index (χ3v) is 3.22. The summed E-state index contributed by atoms with van der Waals surface area (Å²) in [6, 6.07) is 7.26. The molecule has 0 atom stereocenters. The highest BCUT2D eigenvalue weighted by Crippen LogP contribution is 2.37. The van der Waals surface area contributed by atoms with Gasteiger partial charge >= 0.3 is 0 Å². The van der Waals surface area contributed by atoms with E-state index in [1.807, 2.05) is 18.2 Å². The third kappa shape index (κ3) is 3.56. The highest BCUT2D eigenvalue weighted by molar-refractivity contribution is 6.32. The van der Waals surface area contributed by atoms with Crippen LogP contribution in [0.15, 0.2) is 30.5 Å². The summed E-state index contributed by atoms with van der Waals surface area (Å²) in [4.78, 5) is 4.12. The van der Waals surface area contributed by atoms with Gasteiger partial charge in [0.15, 0.2) is 11.5 Å². The van der Waals surface area contributed by atoms with Crippen molar-refractivity contribution >= 4 is 11.6 Å². The zero-order valence-corrected chi connectivity index (χ0v) is 12.7. The lowest BCUT2D eigenvalue weighted by molar-refractivity contribution is 0.276. The summed E-state index contributed by atoms with van der Waals surface area (Å²) in [5, 5.41) is 0.456. The van der Waals surface area contributed by atoms with Crippen LogP contribution >= 0.6 is 11.6 Å². The van der Waals surface area contributed by atoms with Crippen LogP contribution in [0.2, 0.25) is 5.02 Å². The molecule has 21 heavy (non-hydrogen) atoms. The van der Waals surface area contributed by atoms with Crippen molar-refractivity contribution in [2.45, 2.75) is 13.2 Å². The van der Waals surface area contributed by atoms with Gasteiger partial charge in [0.1, 0.15) is 6.61 Å². The number of halogens is 1. The Labute approximate surface area is 128 Å². The fourth-order valence-electron chi connectivity index (χ4n) is 1.90. The molecule has 0 unspecified atom stereocenters. The molecule has 0 saturated heterocycles. The van der Waals surface area contributed by atoms with Gasteiger partial charge in [0.05, 0.1) is 24.8 Å². The van der Waals surface area contributed by atoms with Gasteiger partial charge in [0, 0.05) is 12.7 Å². The maximum Gasteiger partial charge on any atom is 0.219 e. The van der Waals surface area contributed by atoms with Crippen LogP contribution in [0.5, 0.6) is 17.4 Å². The number of ether oxygens (including phenoxy) is 3. The van der Waals surface area contributed by atoms with E-state index in [2.05, 4.69) is 4.98 Å². The fourth-order valence-corrected chi connectivity index (χ4v) is 2.19. The molecule has 0 aliphatic rings. The summed E-state index contributed by atoms with van der Waals surface area (Å²) < 4.78 is 16.3. The van der Waals surface area contributed by atoms with Crippen molar-refractivity contribution in [3.8, 4) is 17.4 Å². The van der Waals surface area contributed by atoms with Crippen molar-refractivity contribution in [1.82, 2.24) is 4.98 Å². The molecule has 0 aliphatic carbocycles. The lowest BCUT2D eigenvalue weighted by atomic mass is 10.2. The molecule has 1 heterocycles. The topological polar surface area (TPSA) is 66.6 Å². The Bertz CT molecular complexity index is 620. The number of nitrogens with two attached hydrogens (primary N) is 1. The number of hydrogen-bond donors (Lipinski definition) is 1. The Morgan fingerprint density at radius 1 is 1.24 bits per heavy atom. The first-order valence-corrected chi connectivity index (χ1v) is 6.74. The van der Waals surface area contributed by atoms with Crippen LogP contribution < -0.4 is 19.9 Å². The molecule has 0 aliphatic heterocycles. The summed E-state index contributed by atoms with van der Waals surface area (Å²) in [5.41, 5.74) is 7.31. The molecule has 0 radical (unpaired) electrons. The average Bonchev–Trinajstić information content (AvgIpc) is 2.53. The van der Waals surface area contributed by atoms with Crippen LogP contribution in [-0.2, 0) is 13.2 Å². The number of hydrogen-bond acceptors (Lipinski definition) is 5. The van der Waals surface area contributed by atoms with E-state index in [0.717, 1.165) is 11.1 Å². The molecule has 112 valence electrons. The standard InChI is InChI=1S/C15H17ClN2O3/c1-19-13-7-10(8-17)6-12(16)14(13)21-9-11-4-3-5-18-15(11)20-2/h3-7H,8-9,17H2,1-2H3. The van der Waals surface area contributed by atoms with Gasteiger partial charge in [0.2, 0.25) is 5.88 Å². The predicted octanol–water partition coefficient (Wildman–Crippen LogP) is 2.79. The van der Waals surface area contributed by atoms with Gasteiger partial charge in [-0.1, -0.05) is 11.6 Å². The van der Waals surface area contributed by atoms with E-state index in [1.165, 1.54) is 0 Å². The van der Waals surface area contributed by atoms with Crippen LogP contribution in [0.3, 0.4) is 0 Å². The molecule has 0 saturated carbocycles. The third-order valence-electron chi connectivity index (χ3n) is 2.94. The Balaban J connectivity index is 2.23. The Morgan fingerprint density at radius 3 is 2.71 bits per heavy atom. The largest absolute Gasteiger partial charge is 0.493 e. The van der Waals surface area contributed by atoms with E-state index in [1.54, 1.807) is 26.5 Å². The van der Waals surface area contributed by atoms with Crippen molar-refractivity contribution in [1.29, 1.82) is 0 Å². The van der Waals surface area contributed by atoms with Gasteiger partial charge in [-0.25, -0.2) is 4.98 Å². The smallest absolute Gasteiger partial charge is 0.219 e. The van der Waals surface area contributed by atoms with Crippen molar-refractivity contribution in [2.24, 2.45) is 5.73 Å². The van der Waals surface area contributed by atoms with E-state index in [-0.39, 0.29) is 6.61 Å². The number of methoxy groups -OCH3 is 2. The van der Waals surface area contributed by atoms with Crippen molar-refractivity contribution in [2.75, 3.05) is 14.2 Å². The molecule has 2 N–H and O–H groups in total. The summed E-state index contributed by atoms with van der Waals surface area (Å²) >= 11 is 6.22. The van der Waals surface area contributed by atoms with Crippen molar-refractivity contribution < 1.29 is 14.2 Å². The lowest BCUT2D eigenvalue weighted by Gasteiger charge is -2.14. The Kier molecular flexibility index (Phi) is 5.25. The first-order valence-electron chi connectivity index (χ1n) is 6.36. The number of pyridine rings is 1. The van der Waals surface area contributed by atoms with Gasteiger partial charge in [-0.2, -0.15) is 0 Å². The molecule has 5 nitrogen and oxygen atoms in total. The maximum atomic E-state index is 6.22. The second kappa shape index (κ2) is 7.15. The SMILES string of the molecule is COc1cc(CN)cc(Cl)c1OCc1cccnc1OC. The minimum atomic E-state index is 0.273. The molecule has 0 fully saturated rings. The molecule has 1 aromatic heterocycles. The summed E-state index contributed by atoms with van der Waals surface area (Å²) in [6.07, 6.45) is 1.66. The molecular formula is C15H17ClN2O3. The summed E-state index contributed by atoms with van der Waals surface area (Å²) in [5.74, 6) is 1.54. The van der Waals surface area contributed by atoms with Crippen LogP contribution in [0, 0.1) is 0 Å². The zero-order chi connectivity index (χ0) is 15.2. The minimum Gasteiger partial charge on any atom is -0.493 e. The number of rotatable bonds is 6. The highest BCUT2D eigenvalue weighted by atomic mass is 35.5. The van der Waals surface area contributed by atoms with Gasteiger partial charge in [-0.05, 0) is 29.8 Å². The van der Waals surface area contributed by atoms with Crippen LogP contribution in [-0.4, -0.2) is 19.2 Å². The van der Waals surface area contributed by atoms with Crippen molar-refractivity contribution in [3.63, 3.8) is 0 Å². The van der Waals surface area contributed by atoms with Gasteiger partial charge in [-0.3, -0.25) is 0 Å². The molecule has 0 spiro atoms. The fraction of sp³-hybridized carbons (Fsp3) is 0.267. The second-order valence-corrected chi connectivity index (χ2v) is 4.68. The Morgan fingerprint density at radius 2 is 2.05 bits per heavy atom. The van der Waals surface area contributed by atoms with Gasteiger partial charge < -0.3 is 19.9 Å². The number of aromatic nitrogens is 1. The first-order chi connectivity index (χ1) is 10.2. The minimum absolute atomic E-state index is 0.273. The van der Waals surface area contributed by atoms with Crippen molar-refractivity contribution in [3.05, 3.63) is 46.6 Å². The molecule has 0 bridgehead atoms.